The molecule has 0 radical (unpaired) electrons. The number of nitrogens with zero attached hydrogens (tertiary/aromatic N) is 2. The second-order valence-electron chi connectivity index (χ2n) is 5.83. The maximum Gasteiger partial charge on any atom is 0.335 e. The molecule has 21 heavy (non-hydrogen) atoms. The van der Waals surface area contributed by atoms with Crippen LogP contribution in [0.15, 0.2) is 22.6 Å². The van der Waals surface area contributed by atoms with Gasteiger partial charge in [0.1, 0.15) is 5.52 Å². The smallest absolute Gasteiger partial charge is 0.335 e. The first-order chi connectivity index (χ1) is 9.94. The maximum absolute atomic E-state index is 11.0. The fourth-order valence-corrected chi connectivity index (χ4v) is 3.49. The number of fused-ring (bicyclic) bond motifs is 1. The molecule has 5 nitrogen and oxygen atoms in total. The molecular formula is C15H18N2O3S. The molecular weight excluding hydrogens is 288 g/mol. The number of oxazole rings is 1. The Morgan fingerprint density at radius 3 is 3.00 bits per heavy atom. The van der Waals surface area contributed by atoms with E-state index < -0.39 is 5.97 Å². The van der Waals surface area contributed by atoms with Crippen molar-refractivity contribution >= 4 is 34.8 Å². The topological polar surface area (TPSA) is 66.6 Å². The summed E-state index contributed by atoms with van der Waals surface area (Å²) in [5, 5.41) is 9.02. The highest BCUT2D eigenvalue weighted by Crippen LogP contribution is 2.33. The molecule has 1 aliphatic heterocycles. The van der Waals surface area contributed by atoms with Crippen LogP contribution in [0.5, 0.6) is 0 Å². The van der Waals surface area contributed by atoms with E-state index >= 15 is 0 Å². The van der Waals surface area contributed by atoms with Gasteiger partial charge in [-0.05, 0) is 24.6 Å². The summed E-state index contributed by atoms with van der Waals surface area (Å²) < 4.78 is 6.04. The summed E-state index contributed by atoms with van der Waals surface area (Å²) in [4.78, 5) is 17.6. The van der Waals surface area contributed by atoms with E-state index in [9.17, 15) is 4.79 Å². The van der Waals surface area contributed by atoms with Crippen molar-refractivity contribution in [2.75, 3.05) is 23.7 Å². The van der Waals surface area contributed by atoms with Crippen molar-refractivity contribution in [2.45, 2.75) is 25.0 Å². The first-order valence-electron chi connectivity index (χ1n) is 6.97. The largest absolute Gasteiger partial charge is 0.478 e. The third-order valence-electron chi connectivity index (χ3n) is 3.73. The Hall–Kier alpha value is -1.69. The van der Waals surface area contributed by atoms with Crippen molar-refractivity contribution in [1.82, 2.24) is 4.98 Å². The van der Waals surface area contributed by atoms with E-state index in [2.05, 4.69) is 23.7 Å². The maximum atomic E-state index is 11.0. The Labute approximate surface area is 127 Å². The molecule has 112 valence electrons. The highest BCUT2D eigenvalue weighted by Gasteiger charge is 2.25. The number of hydrogen-bond acceptors (Lipinski definition) is 5. The normalized spacial score (nSPS) is 18.7. The minimum absolute atomic E-state index is 0.220. The number of aromatic carboxylic acids is 1. The fraction of sp³-hybridized carbons (Fsp3) is 0.467. The van der Waals surface area contributed by atoms with E-state index in [0.29, 0.717) is 17.1 Å². The average Bonchev–Trinajstić information content (AvgIpc) is 2.76. The van der Waals surface area contributed by atoms with Gasteiger partial charge in [-0.25, -0.2) is 4.79 Å². The van der Waals surface area contributed by atoms with E-state index in [1.165, 1.54) is 6.07 Å². The summed E-state index contributed by atoms with van der Waals surface area (Å²) in [6.45, 7) is 6.31. The van der Waals surface area contributed by atoms with Gasteiger partial charge in [0.05, 0.1) is 5.56 Å². The van der Waals surface area contributed by atoms with Crippen LogP contribution in [-0.4, -0.2) is 39.6 Å². The van der Waals surface area contributed by atoms with Crippen molar-refractivity contribution in [2.24, 2.45) is 0 Å². The lowest BCUT2D eigenvalue weighted by Crippen LogP contribution is -2.27. The Morgan fingerprint density at radius 2 is 2.24 bits per heavy atom. The van der Waals surface area contributed by atoms with Crippen LogP contribution in [0.25, 0.3) is 11.1 Å². The van der Waals surface area contributed by atoms with Crippen LogP contribution in [0.4, 0.5) is 6.01 Å². The minimum atomic E-state index is -0.956. The highest BCUT2D eigenvalue weighted by atomic mass is 32.2. The van der Waals surface area contributed by atoms with Gasteiger partial charge in [0.25, 0.3) is 6.01 Å². The molecule has 1 aromatic carbocycles. The van der Waals surface area contributed by atoms with Crippen LogP contribution in [0.3, 0.4) is 0 Å². The number of thioether (sulfide) groups is 1. The zero-order chi connectivity index (χ0) is 15.0. The lowest BCUT2D eigenvalue weighted by atomic mass is 10.1. The summed E-state index contributed by atoms with van der Waals surface area (Å²) in [5.41, 5.74) is 1.45. The zero-order valence-corrected chi connectivity index (χ0v) is 12.9. The summed E-state index contributed by atoms with van der Waals surface area (Å²) in [7, 11) is 0. The second-order valence-corrected chi connectivity index (χ2v) is 7.63. The monoisotopic (exact) mass is 306 g/mol. The number of carboxylic acid groups (broad SMARTS) is 1. The van der Waals surface area contributed by atoms with Gasteiger partial charge in [0.15, 0.2) is 5.58 Å². The zero-order valence-electron chi connectivity index (χ0n) is 12.1. The predicted molar refractivity (Wildman–Crippen MR) is 84.3 cm³/mol. The molecule has 3 rings (SSSR count). The number of benzene rings is 1. The summed E-state index contributed by atoms with van der Waals surface area (Å²) in [6.07, 6.45) is 1.07. The molecule has 0 unspecified atom stereocenters. The van der Waals surface area contributed by atoms with Crippen LogP contribution >= 0.6 is 11.8 Å². The number of anilines is 1. The molecule has 2 aromatic rings. The summed E-state index contributed by atoms with van der Waals surface area (Å²) >= 11 is 1.96. The number of hydrogen-bond donors (Lipinski definition) is 1. The van der Waals surface area contributed by atoms with Crippen molar-refractivity contribution in [3.05, 3.63) is 23.8 Å². The molecule has 0 spiro atoms. The molecule has 1 fully saturated rings. The molecule has 1 saturated heterocycles. The lowest BCUT2D eigenvalue weighted by molar-refractivity contribution is 0.0697. The van der Waals surface area contributed by atoms with Gasteiger partial charge in [-0.15, -0.1) is 0 Å². The molecule has 0 atom stereocenters. The number of aromatic nitrogens is 1. The number of rotatable bonds is 2. The third-order valence-corrected chi connectivity index (χ3v) is 5.10. The quantitative estimate of drug-likeness (QED) is 0.918. The van der Waals surface area contributed by atoms with Gasteiger partial charge in [0, 0.05) is 23.6 Å². The van der Waals surface area contributed by atoms with E-state index in [-0.39, 0.29) is 10.3 Å². The molecule has 1 aromatic heterocycles. The molecule has 1 N–H and O–H groups in total. The van der Waals surface area contributed by atoms with Crippen molar-refractivity contribution in [1.29, 1.82) is 0 Å². The van der Waals surface area contributed by atoms with E-state index in [0.717, 1.165) is 25.3 Å². The minimum Gasteiger partial charge on any atom is -0.478 e. The Bertz CT molecular complexity index is 681. The molecule has 0 bridgehead atoms. The second kappa shape index (κ2) is 5.26. The van der Waals surface area contributed by atoms with Crippen LogP contribution in [0.2, 0.25) is 0 Å². The SMILES string of the molecule is CC1(C)CCN(c2nc3ccc(C(=O)O)cc3o2)CCS1. The van der Waals surface area contributed by atoms with Gasteiger partial charge in [-0.1, -0.05) is 13.8 Å². The molecule has 6 heteroatoms. The molecule has 0 amide bonds. The van der Waals surface area contributed by atoms with Gasteiger partial charge < -0.3 is 14.4 Å². The van der Waals surface area contributed by atoms with Crippen LogP contribution < -0.4 is 4.90 Å². The summed E-state index contributed by atoms with van der Waals surface area (Å²) in [5.74, 6) is 0.0781. The first kappa shape index (κ1) is 14.3. The molecule has 2 heterocycles. The Balaban J connectivity index is 1.88. The van der Waals surface area contributed by atoms with Crippen LogP contribution in [0.1, 0.15) is 30.6 Å². The number of carboxylic acids is 1. The third kappa shape index (κ3) is 3.00. The first-order valence-corrected chi connectivity index (χ1v) is 7.96. The van der Waals surface area contributed by atoms with Gasteiger partial charge in [-0.3, -0.25) is 0 Å². The van der Waals surface area contributed by atoms with Crippen molar-refractivity contribution in [3.8, 4) is 0 Å². The van der Waals surface area contributed by atoms with Crippen molar-refractivity contribution < 1.29 is 14.3 Å². The van der Waals surface area contributed by atoms with Crippen LogP contribution in [0, 0.1) is 0 Å². The number of carbonyl (C=O) groups is 1. The molecule has 0 saturated carbocycles. The average molecular weight is 306 g/mol. The Kier molecular flexibility index (Phi) is 3.57. The van der Waals surface area contributed by atoms with Gasteiger partial charge in [-0.2, -0.15) is 16.7 Å². The highest BCUT2D eigenvalue weighted by molar-refractivity contribution is 8.00. The summed E-state index contributed by atoms with van der Waals surface area (Å²) in [6, 6.07) is 5.37. The molecule has 0 aliphatic carbocycles. The standard InChI is InChI=1S/C15H18N2O3S/c1-15(2)5-6-17(7-8-21-15)14-16-11-4-3-10(13(18)19)9-12(11)20-14/h3-4,9H,5-8H2,1-2H3,(H,18,19). The van der Waals surface area contributed by atoms with Crippen LogP contribution in [-0.2, 0) is 0 Å². The van der Waals surface area contributed by atoms with Crippen molar-refractivity contribution in [3.63, 3.8) is 0 Å². The van der Waals surface area contributed by atoms with E-state index in [4.69, 9.17) is 9.52 Å². The fourth-order valence-electron chi connectivity index (χ4n) is 2.39. The van der Waals surface area contributed by atoms with E-state index in [1.807, 2.05) is 11.8 Å². The lowest BCUT2D eigenvalue weighted by Gasteiger charge is -2.21. The predicted octanol–water partition coefficient (Wildman–Crippen LogP) is 3.25. The molecule has 1 aliphatic rings. The van der Waals surface area contributed by atoms with E-state index in [1.54, 1.807) is 12.1 Å². The Morgan fingerprint density at radius 1 is 1.43 bits per heavy atom. The van der Waals surface area contributed by atoms with Gasteiger partial charge >= 0.3 is 5.97 Å². The van der Waals surface area contributed by atoms with Gasteiger partial charge in [0.2, 0.25) is 0 Å².